The Labute approximate surface area is 121 Å². The first-order valence-corrected chi connectivity index (χ1v) is 7.26. The van der Waals surface area contributed by atoms with Crippen LogP contribution in [0, 0.1) is 5.82 Å². The van der Waals surface area contributed by atoms with Crippen LogP contribution in [-0.2, 0) is 4.74 Å². The van der Waals surface area contributed by atoms with Gasteiger partial charge in [-0.25, -0.2) is 4.39 Å². The number of rotatable bonds is 5. The lowest BCUT2D eigenvalue weighted by Crippen LogP contribution is -2.22. The summed E-state index contributed by atoms with van der Waals surface area (Å²) in [5.74, 6) is 0.255. The predicted octanol–water partition coefficient (Wildman–Crippen LogP) is 3.43. The summed E-state index contributed by atoms with van der Waals surface area (Å²) in [6.07, 6.45) is 3.34. The number of halogens is 2. The summed E-state index contributed by atoms with van der Waals surface area (Å²) in [5.41, 5.74) is 0.953. The van der Waals surface area contributed by atoms with Gasteiger partial charge in [0.15, 0.2) is 0 Å². The van der Waals surface area contributed by atoms with Crippen LogP contribution in [0.3, 0.4) is 0 Å². The monoisotopic (exact) mass is 331 g/mol. The molecule has 0 aliphatic carbocycles. The summed E-state index contributed by atoms with van der Waals surface area (Å²) in [5, 5.41) is 3.26. The van der Waals surface area contributed by atoms with Gasteiger partial charge in [0.25, 0.3) is 0 Å². The van der Waals surface area contributed by atoms with Crippen LogP contribution in [0.25, 0.3) is 0 Å². The molecule has 0 aromatic heterocycles. The van der Waals surface area contributed by atoms with Crippen molar-refractivity contribution in [1.82, 2.24) is 5.32 Å². The smallest absolute Gasteiger partial charge is 0.141 e. The number of ether oxygens (including phenoxy) is 2. The molecule has 5 heteroatoms. The van der Waals surface area contributed by atoms with Crippen LogP contribution < -0.4 is 10.1 Å². The van der Waals surface area contributed by atoms with E-state index in [0.29, 0.717) is 10.2 Å². The Balaban J connectivity index is 2.23. The third-order valence-electron chi connectivity index (χ3n) is 3.52. The standard InChI is InChI=1S/C14H19BrFNO2/c1-17-13(6-9-4-3-5-19-9)10-7-11(15)12(16)8-14(10)18-2/h7-9,13,17H,3-6H2,1-2H3. The highest BCUT2D eigenvalue weighted by Gasteiger charge is 2.24. The highest BCUT2D eigenvalue weighted by atomic mass is 79.9. The van der Waals surface area contributed by atoms with Crippen LogP contribution in [-0.4, -0.2) is 26.9 Å². The molecule has 2 atom stereocenters. The summed E-state index contributed by atoms with van der Waals surface area (Å²) in [6, 6.07) is 3.29. The molecule has 1 fully saturated rings. The zero-order valence-electron chi connectivity index (χ0n) is 11.2. The molecule has 0 saturated carbocycles. The average Bonchev–Trinajstić information content (AvgIpc) is 2.91. The lowest BCUT2D eigenvalue weighted by atomic mass is 9.98. The van der Waals surface area contributed by atoms with Crippen molar-refractivity contribution in [3.05, 3.63) is 28.0 Å². The Hall–Kier alpha value is -0.650. The summed E-state index contributed by atoms with van der Waals surface area (Å²) in [4.78, 5) is 0. The lowest BCUT2D eigenvalue weighted by molar-refractivity contribution is 0.0951. The van der Waals surface area contributed by atoms with E-state index in [-0.39, 0.29) is 18.0 Å². The van der Waals surface area contributed by atoms with E-state index in [0.717, 1.165) is 31.4 Å². The van der Waals surface area contributed by atoms with Gasteiger partial charge in [-0.1, -0.05) is 0 Å². The van der Waals surface area contributed by atoms with E-state index in [1.54, 1.807) is 13.2 Å². The molecule has 0 spiro atoms. The van der Waals surface area contributed by atoms with Crippen molar-refractivity contribution in [2.75, 3.05) is 20.8 Å². The molecule has 1 aromatic carbocycles. The summed E-state index contributed by atoms with van der Waals surface area (Å²) < 4.78 is 25.0. The molecular formula is C14H19BrFNO2. The second-order valence-electron chi connectivity index (χ2n) is 4.72. The number of methoxy groups -OCH3 is 1. The van der Waals surface area contributed by atoms with Gasteiger partial charge in [-0.05, 0) is 48.3 Å². The third kappa shape index (κ3) is 3.46. The van der Waals surface area contributed by atoms with Crippen LogP contribution in [0.4, 0.5) is 4.39 Å². The first-order chi connectivity index (χ1) is 9.15. The molecule has 106 valence electrons. The van der Waals surface area contributed by atoms with Gasteiger partial charge < -0.3 is 14.8 Å². The van der Waals surface area contributed by atoms with E-state index >= 15 is 0 Å². The quantitative estimate of drug-likeness (QED) is 0.896. The van der Waals surface area contributed by atoms with Gasteiger partial charge in [-0.2, -0.15) is 0 Å². The molecule has 0 amide bonds. The number of hydrogen-bond acceptors (Lipinski definition) is 3. The van der Waals surface area contributed by atoms with Crippen LogP contribution in [0.5, 0.6) is 5.75 Å². The zero-order chi connectivity index (χ0) is 13.8. The fraction of sp³-hybridized carbons (Fsp3) is 0.571. The molecule has 2 unspecified atom stereocenters. The minimum Gasteiger partial charge on any atom is -0.496 e. The predicted molar refractivity (Wildman–Crippen MR) is 76.0 cm³/mol. The van der Waals surface area contributed by atoms with Crippen LogP contribution in [0.1, 0.15) is 30.9 Å². The first kappa shape index (κ1) is 14.8. The molecule has 2 rings (SSSR count). The molecular weight excluding hydrogens is 313 g/mol. The summed E-state index contributed by atoms with van der Waals surface area (Å²) in [6.45, 7) is 0.839. The summed E-state index contributed by atoms with van der Waals surface area (Å²) >= 11 is 3.23. The fourth-order valence-electron chi connectivity index (χ4n) is 2.49. The maximum atomic E-state index is 13.5. The highest BCUT2D eigenvalue weighted by molar-refractivity contribution is 9.10. The minimum atomic E-state index is -0.312. The molecule has 3 nitrogen and oxygen atoms in total. The maximum absolute atomic E-state index is 13.5. The number of nitrogens with one attached hydrogen (secondary N) is 1. The average molecular weight is 332 g/mol. The highest BCUT2D eigenvalue weighted by Crippen LogP contribution is 2.34. The molecule has 19 heavy (non-hydrogen) atoms. The van der Waals surface area contributed by atoms with Crippen molar-refractivity contribution >= 4 is 15.9 Å². The molecule has 1 heterocycles. The van der Waals surface area contributed by atoms with Gasteiger partial charge in [-0.15, -0.1) is 0 Å². The van der Waals surface area contributed by atoms with Crippen molar-refractivity contribution in [3.63, 3.8) is 0 Å². The van der Waals surface area contributed by atoms with E-state index in [2.05, 4.69) is 21.2 Å². The van der Waals surface area contributed by atoms with Crippen LogP contribution >= 0.6 is 15.9 Å². The first-order valence-electron chi connectivity index (χ1n) is 6.47. The minimum absolute atomic E-state index is 0.0925. The zero-order valence-corrected chi connectivity index (χ0v) is 12.8. The van der Waals surface area contributed by atoms with Gasteiger partial charge in [0, 0.05) is 24.3 Å². The number of hydrogen-bond donors (Lipinski definition) is 1. The Bertz CT molecular complexity index is 436. The van der Waals surface area contributed by atoms with E-state index < -0.39 is 0 Å². The Kier molecular flexibility index (Phi) is 5.19. The van der Waals surface area contributed by atoms with Crippen molar-refractivity contribution in [2.24, 2.45) is 0 Å². The van der Waals surface area contributed by atoms with Gasteiger partial charge >= 0.3 is 0 Å². The Morgan fingerprint density at radius 3 is 2.95 bits per heavy atom. The normalized spacial score (nSPS) is 20.5. The third-order valence-corrected chi connectivity index (χ3v) is 4.13. The second-order valence-corrected chi connectivity index (χ2v) is 5.57. The largest absolute Gasteiger partial charge is 0.496 e. The Morgan fingerprint density at radius 1 is 1.58 bits per heavy atom. The number of benzene rings is 1. The van der Waals surface area contributed by atoms with Crippen molar-refractivity contribution < 1.29 is 13.9 Å². The van der Waals surface area contributed by atoms with Crippen molar-refractivity contribution in [1.29, 1.82) is 0 Å². The van der Waals surface area contributed by atoms with Gasteiger partial charge in [0.05, 0.1) is 17.7 Å². The van der Waals surface area contributed by atoms with E-state index in [1.165, 1.54) is 6.07 Å². The van der Waals surface area contributed by atoms with E-state index in [9.17, 15) is 4.39 Å². The molecule has 0 radical (unpaired) electrons. The van der Waals surface area contributed by atoms with Gasteiger partial charge in [-0.3, -0.25) is 0 Å². The van der Waals surface area contributed by atoms with E-state index in [4.69, 9.17) is 9.47 Å². The molecule has 1 aliphatic rings. The maximum Gasteiger partial charge on any atom is 0.141 e. The molecule has 1 N–H and O–H groups in total. The van der Waals surface area contributed by atoms with Crippen LogP contribution in [0.15, 0.2) is 16.6 Å². The summed E-state index contributed by atoms with van der Waals surface area (Å²) in [7, 11) is 3.46. The molecule has 1 aliphatic heterocycles. The molecule has 1 saturated heterocycles. The van der Waals surface area contributed by atoms with E-state index in [1.807, 2.05) is 7.05 Å². The topological polar surface area (TPSA) is 30.5 Å². The molecule has 0 bridgehead atoms. The van der Waals surface area contributed by atoms with Gasteiger partial charge in [0.1, 0.15) is 11.6 Å². The molecule has 1 aromatic rings. The second kappa shape index (κ2) is 6.68. The van der Waals surface area contributed by atoms with Crippen molar-refractivity contribution in [3.8, 4) is 5.75 Å². The fourth-order valence-corrected chi connectivity index (χ4v) is 2.85. The Morgan fingerprint density at radius 2 is 2.37 bits per heavy atom. The van der Waals surface area contributed by atoms with Crippen molar-refractivity contribution in [2.45, 2.75) is 31.4 Å². The SMILES string of the molecule is CNC(CC1CCCO1)c1cc(Br)c(F)cc1OC. The lowest BCUT2D eigenvalue weighted by Gasteiger charge is -2.22. The van der Waals surface area contributed by atoms with Crippen LogP contribution in [0.2, 0.25) is 0 Å². The van der Waals surface area contributed by atoms with Gasteiger partial charge in [0.2, 0.25) is 0 Å².